The molecule has 2 aliphatic heterocycles. The molecule has 0 aromatic carbocycles. The van der Waals surface area contributed by atoms with Crippen molar-refractivity contribution in [3.63, 3.8) is 0 Å². The Kier molecular flexibility index (Phi) is 5.06. The van der Waals surface area contributed by atoms with E-state index in [9.17, 15) is 14.7 Å². The van der Waals surface area contributed by atoms with Crippen LogP contribution < -0.4 is 5.32 Å². The van der Waals surface area contributed by atoms with E-state index < -0.39 is 17.4 Å². The molecule has 142 valence electrons. The van der Waals surface area contributed by atoms with Crippen molar-refractivity contribution in [1.82, 2.24) is 10.2 Å². The van der Waals surface area contributed by atoms with Crippen molar-refractivity contribution in [2.75, 3.05) is 13.1 Å². The molecule has 1 unspecified atom stereocenters. The third kappa shape index (κ3) is 3.54. The fourth-order valence-electron chi connectivity index (χ4n) is 5.01. The molecule has 1 atom stereocenters. The third-order valence-corrected chi connectivity index (χ3v) is 7.79. The number of carboxylic acids is 1. The zero-order chi connectivity index (χ0) is 18.1. The number of nitrogens with one attached hydrogen (secondary N) is 1. The molecule has 1 amide bonds. The maximum absolute atomic E-state index is 11.8. The molecule has 5 nitrogen and oxygen atoms in total. The van der Waals surface area contributed by atoms with Crippen LogP contribution in [0.3, 0.4) is 0 Å². The van der Waals surface area contributed by atoms with Crippen LogP contribution in [0.15, 0.2) is 12.1 Å². The zero-order valence-corrected chi connectivity index (χ0v) is 16.0. The SMILES string of the molecule is O=C1CC(C(=O)O)C2(CCN(Cc3ccc(C4CCCCC4)s3)CC2)N1. The van der Waals surface area contributed by atoms with Crippen LogP contribution in [0, 0.1) is 5.92 Å². The highest BCUT2D eigenvalue weighted by molar-refractivity contribution is 7.12. The van der Waals surface area contributed by atoms with Crippen LogP contribution in [0.5, 0.6) is 0 Å². The lowest BCUT2D eigenvalue weighted by molar-refractivity contribution is -0.144. The lowest BCUT2D eigenvalue weighted by Crippen LogP contribution is -2.55. The molecular weight excluding hydrogens is 348 g/mol. The van der Waals surface area contributed by atoms with E-state index in [4.69, 9.17) is 0 Å². The molecule has 2 N–H and O–H groups in total. The van der Waals surface area contributed by atoms with Gasteiger partial charge in [-0.3, -0.25) is 14.5 Å². The summed E-state index contributed by atoms with van der Waals surface area (Å²) in [6, 6.07) is 4.59. The average molecular weight is 377 g/mol. The minimum atomic E-state index is -0.841. The molecule has 1 saturated carbocycles. The first-order valence-corrected chi connectivity index (χ1v) is 10.7. The monoisotopic (exact) mass is 376 g/mol. The number of piperidine rings is 1. The maximum atomic E-state index is 11.8. The van der Waals surface area contributed by atoms with Crippen LogP contribution in [-0.2, 0) is 16.1 Å². The largest absolute Gasteiger partial charge is 0.481 e. The van der Waals surface area contributed by atoms with Gasteiger partial charge in [-0.15, -0.1) is 11.3 Å². The van der Waals surface area contributed by atoms with Gasteiger partial charge < -0.3 is 10.4 Å². The first-order valence-electron chi connectivity index (χ1n) is 9.90. The van der Waals surface area contributed by atoms with Crippen LogP contribution in [0.4, 0.5) is 0 Å². The van der Waals surface area contributed by atoms with Gasteiger partial charge >= 0.3 is 5.97 Å². The van der Waals surface area contributed by atoms with E-state index in [0.717, 1.165) is 38.4 Å². The van der Waals surface area contributed by atoms with Crippen LogP contribution in [0.25, 0.3) is 0 Å². The summed E-state index contributed by atoms with van der Waals surface area (Å²) in [7, 11) is 0. The number of thiophene rings is 1. The summed E-state index contributed by atoms with van der Waals surface area (Å²) in [5.41, 5.74) is -0.526. The van der Waals surface area contributed by atoms with Gasteiger partial charge in [0.2, 0.25) is 5.91 Å². The predicted octanol–water partition coefficient (Wildman–Crippen LogP) is 3.35. The number of hydrogen-bond acceptors (Lipinski definition) is 4. The third-order valence-electron chi connectivity index (χ3n) is 6.56. The molecule has 26 heavy (non-hydrogen) atoms. The summed E-state index contributed by atoms with van der Waals surface area (Å²) in [5.74, 6) is -0.762. The summed E-state index contributed by atoms with van der Waals surface area (Å²) in [5, 5.41) is 12.5. The standard InChI is InChI=1S/C20H28N2O3S/c23-18-12-16(19(24)25)20(21-18)8-10-22(11-9-20)13-15-6-7-17(26-15)14-4-2-1-3-5-14/h6-7,14,16H,1-5,8-13H2,(H,21,23)(H,24,25). The van der Waals surface area contributed by atoms with Gasteiger partial charge in [-0.2, -0.15) is 0 Å². The molecule has 1 spiro atoms. The lowest BCUT2D eigenvalue weighted by Gasteiger charge is -2.41. The number of nitrogens with zero attached hydrogens (tertiary/aromatic N) is 1. The maximum Gasteiger partial charge on any atom is 0.309 e. The smallest absolute Gasteiger partial charge is 0.309 e. The topological polar surface area (TPSA) is 69.6 Å². The van der Waals surface area contributed by atoms with Crippen molar-refractivity contribution in [1.29, 1.82) is 0 Å². The molecule has 1 aromatic rings. The number of rotatable bonds is 4. The van der Waals surface area contributed by atoms with Gasteiger partial charge in [0.05, 0.1) is 11.5 Å². The Hall–Kier alpha value is -1.40. The average Bonchev–Trinajstić information content (AvgIpc) is 3.23. The second-order valence-electron chi connectivity index (χ2n) is 8.21. The summed E-state index contributed by atoms with van der Waals surface area (Å²) in [6.07, 6.45) is 8.38. The molecule has 1 aliphatic carbocycles. The molecule has 3 fully saturated rings. The number of carboxylic acid groups (broad SMARTS) is 1. The quantitative estimate of drug-likeness (QED) is 0.845. The number of carbonyl (C=O) groups excluding carboxylic acids is 1. The van der Waals surface area contributed by atoms with E-state index in [1.165, 1.54) is 37.0 Å². The first kappa shape index (κ1) is 18.0. The Morgan fingerprint density at radius 3 is 2.65 bits per heavy atom. The Morgan fingerprint density at radius 2 is 1.96 bits per heavy atom. The molecule has 6 heteroatoms. The molecule has 4 rings (SSSR count). The fourth-order valence-corrected chi connectivity index (χ4v) is 6.23. The molecule has 3 heterocycles. The number of aliphatic carboxylic acids is 1. The van der Waals surface area contributed by atoms with E-state index in [2.05, 4.69) is 22.3 Å². The van der Waals surface area contributed by atoms with Gasteiger partial charge in [0.25, 0.3) is 0 Å². The van der Waals surface area contributed by atoms with Gasteiger partial charge in [0.15, 0.2) is 0 Å². The van der Waals surface area contributed by atoms with Crippen LogP contribution in [0.1, 0.15) is 67.0 Å². The van der Waals surface area contributed by atoms with Crippen LogP contribution in [0.2, 0.25) is 0 Å². The summed E-state index contributed by atoms with van der Waals surface area (Å²) in [6.45, 7) is 2.64. The van der Waals surface area contributed by atoms with Gasteiger partial charge in [0, 0.05) is 35.8 Å². The van der Waals surface area contributed by atoms with Crippen molar-refractivity contribution in [2.45, 2.75) is 69.4 Å². The van der Waals surface area contributed by atoms with E-state index in [0.29, 0.717) is 0 Å². The van der Waals surface area contributed by atoms with E-state index in [1.807, 2.05) is 11.3 Å². The normalized spacial score (nSPS) is 26.9. The number of hydrogen-bond donors (Lipinski definition) is 2. The Labute approximate surface area is 158 Å². The Balaban J connectivity index is 1.35. The second-order valence-corrected chi connectivity index (χ2v) is 9.41. The molecule has 1 aromatic heterocycles. The highest BCUT2D eigenvalue weighted by Crippen LogP contribution is 2.39. The van der Waals surface area contributed by atoms with Crippen molar-refractivity contribution in [3.8, 4) is 0 Å². The van der Waals surface area contributed by atoms with Crippen molar-refractivity contribution >= 4 is 23.2 Å². The minimum Gasteiger partial charge on any atom is -0.481 e. The van der Waals surface area contributed by atoms with Gasteiger partial charge in [-0.1, -0.05) is 19.3 Å². The molecule has 2 saturated heterocycles. The molecular formula is C20H28N2O3S. The van der Waals surface area contributed by atoms with E-state index in [1.54, 1.807) is 4.88 Å². The van der Waals surface area contributed by atoms with Crippen molar-refractivity contribution < 1.29 is 14.7 Å². The fraction of sp³-hybridized carbons (Fsp3) is 0.700. The van der Waals surface area contributed by atoms with Crippen molar-refractivity contribution in [2.24, 2.45) is 5.92 Å². The molecule has 0 radical (unpaired) electrons. The minimum absolute atomic E-state index is 0.110. The lowest BCUT2D eigenvalue weighted by atomic mass is 9.78. The highest BCUT2D eigenvalue weighted by Gasteiger charge is 2.51. The van der Waals surface area contributed by atoms with Gasteiger partial charge in [-0.05, 0) is 43.7 Å². The zero-order valence-electron chi connectivity index (χ0n) is 15.2. The summed E-state index contributed by atoms with van der Waals surface area (Å²) >= 11 is 1.96. The number of likely N-dealkylation sites (tertiary alicyclic amines) is 1. The highest BCUT2D eigenvalue weighted by atomic mass is 32.1. The van der Waals surface area contributed by atoms with Crippen LogP contribution in [-0.4, -0.2) is 40.5 Å². The second kappa shape index (κ2) is 7.31. The first-order chi connectivity index (χ1) is 12.6. The van der Waals surface area contributed by atoms with E-state index in [-0.39, 0.29) is 12.3 Å². The van der Waals surface area contributed by atoms with Crippen molar-refractivity contribution in [3.05, 3.63) is 21.9 Å². The molecule has 3 aliphatic rings. The van der Waals surface area contributed by atoms with Gasteiger partial charge in [0.1, 0.15) is 0 Å². The van der Waals surface area contributed by atoms with Gasteiger partial charge in [-0.25, -0.2) is 0 Å². The van der Waals surface area contributed by atoms with Crippen LogP contribution >= 0.6 is 11.3 Å². The number of carbonyl (C=O) groups is 2. The molecule has 0 bridgehead atoms. The Bertz CT molecular complexity index is 672. The summed E-state index contributed by atoms with van der Waals surface area (Å²) < 4.78 is 0. The van der Waals surface area contributed by atoms with E-state index >= 15 is 0 Å². The number of amides is 1. The Morgan fingerprint density at radius 1 is 1.23 bits per heavy atom. The predicted molar refractivity (Wildman–Crippen MR) is 101 cm³/mol. The summed E-state index contributed by atoms with van der Waals surface area (Å²) in [4.78, 5) is 28.7.